The molecule has 3 heterocycles. The van der Waals surface area contributed by atoms with Crippen molar-refractivity contribution >= 4 is 28.2 Å². The highest BCUT2D eigenvalue weighted by atomic mass is 16.5. The molecular weight excluding hydrogens is 570 g/mol. The van der Waals surface area contributed by atoms with Crippen LogP contribution < -0.4 is 19.5 Å². The van der Waals surface area contributed by atoms with Gasteiger partial charge in [-0.25, -0.2) is 0 Å². The fourth-order valence-electron chi connectivity index (χ4n) is 6.28. The summed E-state index contributed by atoms with van der Waals surface area (Å²) in [4.78, 5) is 21.6. The molecule has 3 aliphatic rings. The number of nitrogens with one attached hydrogen (secondary N) is 1. The van der Waals surface area contributed by atoms with Crippen LogP contribution in [0.5, 0.6) is 17.2 Å². The molecular formula is C35H43N5O5. The highest BCUT2D eigenvalue weighted by Crippen LogP contribution is 2.38. The number of carbonyl (C=O) groups is 1. The molecule has 2 saturated heterocycles. The van der Waals surface area contributed by atoms with E-state index in [0.29, 0.717) is 40.8 Å². The maximum Gasteiger partial charge on any atom is 0.225 e. The Kier molecular flexibility index (Phi) is 9.87. The molecule has 2 aliphatic heterocycles. The molecule has 1 saturated carbocycles. The Morgan fingerprint density at radius 2 is 1.87 bits per heavy atom. The number of ether oxygens (including phenoxy) is 4. The van der Waals surface area contributed by atoms with Gasteiger partial charge in [-0.1, -0.05) is 6.42 Å². The van der Waals surface area contributed by atoms with Crippen LogP contribution in [-0.4, -0.2) is 86.4 Å². The van der Waals surface area contributed by atoms with E-state index in [0.717, 1.165) is 100 Å². The normalized spacial score (nSPS) is 17.8. The number of likely N-dealkylation sites (tertiary alicyclic amines) is 1. The maximum absolute atomic E-state index is 12.6. The van der Waals surface area contributed by atoms with Gasteiger partial charge in [-0.15, -0.1) is 0 Å². The molecule has 45 heavy (non-hydrogen) atoms. The molecule has 0 bridgehead atoms. The Morgan fingerprint density at radius 1 is 1.07 bits per heavy atom. The number of amides is 1. The number of methoxy groups -OCH3 is 1. The van der Waals surface area contributed by atoms with E-state index < -0.39 is 0 Å². The highest BCUT2D eigenvalue weighted by molar-refractivity contribution is 5.97. The standard InChI is InChI=1S/C35H43N5O5/c1-24-19-27(7-8-31(24)45-28-9-12-40(13-10-28)35(41)25-5-3-6-25)38-34-26(22-36)23-37-30-21-32(42-2)33(20-29(30)34)44-16-4-11-39-14-17-43-18-15-39/h7-8,19-21,23,25,28H,3-6,9-18H2,1-2H3,(H,37,38). The van der Waals surface area contributed by atoms with Gasteiger partial charge in [-0.2, -0.15) is 5.26 Å². The quantitative estimate of drug-likeness (QED) is 0.283. The van der Waals surface area contributed by atoms with Crippen LogP contribution in [0.2, 0.25) is 0 Å². The van der Waals surface area contributed by atoms with Gasteiger partial charge in [-0.05, 0) is 56.0 Å². The predicted octanol–water partition coefficient (Wildman–Crippen LogP) is 5.44. The number of carbonyl (C=O) groups excluding carboxylic acids is 1. The van der Waals surface area contributed by atoms with E-state index in [9.17, 15) is 10.1 Å². The second-order valence-electron chi connectivity index (χ2n) is 12.2. The number of hydrogen-bond donors (Lipinski definition) is 1. The molecule has 1 N–H and O–H groups in total. The fourth-order valence-corrected chi connectivity index (χ4v) is 6.28. The van der Waals surface area contributed by atoms with Gasteiger partial charge < -0.3 is 29.2 Å². The van der Waals surface area contributed by atoms with Gasteiger partial charge in [-0.3, -0.25) is 14.7 Å². The lowest BCUT2D eigenvalue weighted by Crippen LogP contribution is -2.45. The molecule has 1 aromatic heterocycles. The molecule has 1 amide bonds. The van der Waals surface area contributed by atoms with Crippen molar-refractivity contribution in [3.63, 3.8) is 0 Å². The highest BCUT2D eigenvalue weighted by Gasteiger charge is 2.32. The van der Waals surface area contributed by atoms with Crippen LogP contribution in [0.15, 0.2) is 36.5 Å². The summed E-state index contributed by atoms with van der Waals surface area (Å²) in [5, 5.41) is 14.2. The predicted molar refractivity (Wildman–Crippen MR) is 172 cm³/mol. The molecule has 6 rings (SSSR count). The molecule has 3 aromatic rings. The van der Waals surface area contributed by atoms with Gasteiger partial charge in [0.1, 0.15) is 17.9 Å². The van der Waals surface area contributed by atoms with Crippen molar-refractivity contribution in [2.45, 2.75) is 51.6 Å². The molecule has 0 unspecified atom stereocenters. The van der Waals surface area contributed by atoms with Gasteiger partial charge in [0, 0.05) is 74.8 Å². The van der Waals surface area contributed by atoms with Gasteiger partial charge in [0.15, 0.2) is 11.5 Å². The third-order valence-corrected chi connectivity index (χ3v) is 9.20. The van der Waals surface area contributed by atoms with E-state index in [1.165, 1.54) is 6.42 Å². The zero-order chi connectivity index (χ0) is 31.2. The lowest BCUT2D eigenvalue weighted by atomic mass is 9.84. The first-order valence-corrected chi connectivity index (χ1v) is 16.2. The second kappa shape index (κ2) is 14.4. The Morgan fingerprint density at radius 3 is 2.56 bits per heavy atom. The largest absolute Gasteiger partial charge is 0.493 e. The third kappa shape index (κ3) is 7.26. The van der Waals surface area contributed by atoms with Gasteiger partial charge in [0.2, 0.25) is 5.91 Å². The van der Waals surface area contributed by atoms with Crippen LogP contribution in [0.4, 0.5) is 11.4 Å². The number of morpholine rings is 1. The van der Waals surface area contributed by atoms with E-state index in [4.69, 9.17) is 18.9 Å². The number of aryl methyl sites for hydroxylation is 1. The third-order valence-electron chi connectivity index (χ3n) is 9.20. The van der Waals surface area contributed by atoms with Crippen molar-refractivity contribution in [1.82, 2.24) is 14.8 Å². The summed E-state index contributed by atoms with van der Waals surface area (Å²) >= 11 is 0. The van der Waals surface area contributed by atoms with Gasteiger partial charge >= 0.3 is 0 Å². The monoisotopic (exact) mass is 613 g/mol. The lowest BCUT2D eigenvalue weighted by molar-refractivity contribution is -0.140. The molecule has 3 fully saturated rings. The summed E-state index contributed by atoms with van der Waals surface area (Å²) < 4.78 is 23.7. The lowest BCUT2D eigenvalue weighted by Gasteiger charge is -2.36. The second-order valence-corrected chi connectivity index (χ2v) is 12.2. The summed E-state index contributed by atoms with van der Waals surface area (Å²) in [5.74, 6) is 2.63. The van der Waals surface area contributed by atoms with Crippen molar-refractivity contribution < 1.29 is 23.7 Å². The number of pyridine rings is 1. The fraction of sp³-hybridized carbons (Fsp3) is 0.514. The molecule has 10 nitrogen and oxygen atoms in total. The van der Waals surface area contributed by atoms with Crippen LogP contribution in [-0.2, 0) is 9.53 Å². The molecule has 2 aromatic carbocycles. The smallest absolute Gasteiger partial charge is 0.225 e. The molecule has 0 spiro atoms. The van der Waals surface area contributed by atoms with E-state index in [-0.39, 0.29) is 12.0 Å². The summed E-state index contributed by atoms with van der Waals surface area (Å²) in [6.07, 6.45) is 7.49. The number of hydrogen-bond acceptors (Lipinski definition) is 9. The number of aromatic nitrogens is 1. The molecule has 0 atom stereocenters. The molecule has 0 radical (unpaired) electrons. The van der Waals surface area contributed by atoms with E-state index in [1.54, 1.807) is 13.3 Å². The molecule has 238 valence electrons. The van der Waals surface area contributed by atoms with Crippen LogP contribution in [0, 0.1) is 24.2 Å². The topological polar surface area (TPSA) is 109 Å². The van der Waals surface area contributed by atoms with Crippen LogP contribution in [0.3, 0.4) is 0 Å². The van der Waals surface area contributed by atoms with Crippen molar-refractivity contribution in [2.75, 3.05) is 65.0 Å². The summed E-state index contributed by atoms with van der Waals surface area (Å²) in [7, 11) is 1.62. The van der Waals surface area contributed by atoms with Crippen LogP contribution in [0.1, 0.15) is 49.7 Å². The summed E-state index contributed by atoms with van der Waals surface area (Å²) in [6, 6.07) is 12.0. The zero-order valence-electron chi connectivity index (χ0n) is 26.3. The van der Waals surface area contributed by atoms with Crippen molar-refractivity contribution in [3.05, 3.63) is 47.7 Å². The number of rotatable bonds is 11. The summed E-state index contributed by atoms with van der Waals surface area (Å²) in [6.45, 7) is 8.50. The Hall–Kier alpha value is -4.07. The average molecular weight is 614 g/mol. The minimum absolute atomic E-state index is 0.0875. The Labute approximate surface area is 265 Å². The first-order chi connectivity index (χ1) is 22.0. The minimum atomic E-state index is 0.0875. The van der Waals surface area contributed by atoms with Gasteiger partial charge in [0.05, 0.1) is 43.7 Å². The van der Waals surface area contributed by atoms with Crippen LogP contribution in [0.25, 0.3) is 10.9 Å². The first-order valence-electron chi connectivity index (χ1n) is 16.2. The number of nitrogens with zero attached hydrogens (tertiary/aromatic N) is 4. The number of benzene rings is 2. The average Bonchev–Trinajstić information content (AvgIpc) is 3.04. The number of fused-ring (bicyclic) bond motifs is 1. The van der Waals surface area contributed by atoms with E-state index >= 15 is 0 Å². The van der Waals surface area contributed by atoms with E-state index in [2.05, 4.69) is 21.3 Å². The maximum atomic E-state index is 12.6. The summed E-state index contributed by atoms with van der Waals surface area (Å²) in [5.41, 5.74) is 3.64. The Bertz CT molecular complexity index is 1540. The molecule has 10 heteroatoms. The van der Waals surface area contributed by atoms with Gasteiger partial charge in [0.25, 0.3) is 0 Å². The number of anilines is 2. The minimum Gasteiger partial charge on any atom is -0.493 e. The molecule has 1 aliphatic carbocycles. The zero-order valence-corrected chi connectivity index (χ0v) is 26.3. The number of nitriles is 1. The van der Waals surface area contributed by atoms with Crippen molar-refractivity contribution in [3.8, 4) is 23.3 Å². The van der Waals surface area contributed by atoms with Crippen molar-refractivity contribution in [1.29, 1.82) is 5.26 Å². The van der Waals surface area contributed by atoms with E-state index in [1.807, 2.05) is 42.2 Å². The Balaban J connectivity index is 1.13. The van der Waals surface area contributed by atoms with Crippen molar-refractivity contribution in [2.24, 2.45) is 5.92 Å². The van der Waals surface area contributed by atoms with Crippen LogP contribution >= 0.6 is 0 Å². The SMILES string of the molecule is COc1cc2ncc(C#N)c(Nc3ccc(OC4CCN(C(=O)C5CCC5)CC4)c(C)c3)c2cc1OCCCN1CCOCC1. The number of piperidine rings is 1. The first kappa shape index (κ1) is 30.9.